The lowest BCUT2D eigenvalue weighted by Crippen LogP contribution is -2.54. The maximum atomic E-state index is 13.0. The number of hydrogen-bond donors (Lipinski definition) is 0. The Hall–Kier alpha value is -3.39. The number of hydrogen-bond acceptors (Lipinski definition) is 6. The Morgan fingerprint density at radius 2 is 1.82 bits per heavy atom. The van der Waals surface area contributed by atoms with Crippen LogP contribution in [0, 0.1) is 13.8 Å². The highest BCUT2D eigenvalue weighted by Crippen LogP contribution is 2.35. The van der Waals surface area contributed by atoms with Gasteiger partial charge < -0.3 is 19.1 Å². The Morgan fingerprint density at radius 1 is 1.06 bits per heavy atom. The van der Waals surface area contributed by atoms with Gasteiger partial charge >= 0.3 is 0 Å². The van der Waals surface area contributed by atoms with E-state index in [2.05, 4.69) is 0 Å². The van der Waals surface area contributed by atoms with Crippen LogP contribution in [0.2, 0.25) is 0 Å². The number of carbonyl (C=O) groups excluding carboxylic acids is 3. The standard InChI is InChI=1S/C25H28N2O6/c1-16-4-6-20(12-17(16)2)32-14-22(28)19-5-7-23-21(13-19)27(24(29)15-33-23)18(3)25(30)26-8-10-31-11-9-26/h4-7,12-13,18H,8-11,14-15H2,1-3H3. The summed E-state index contributed by atoms with van der Waals surface area (Å²) in [5.74, 6) is 0.361. The zero-order valence-electron chi connectivity index (χ0n) is 19.1. The molecule has 2 heterocycles. The molecule has 2 aromatic carbocycles. The third-order valence-electron chi connectivity index (χ3n) is 6.08. The van der Waals surface area contributed by atoms with Gasteiger partial charge in [-0.2, -0.15) is 0 Å². The summed E-state index contributed by atoms with van der Waals surface area (Å²) in [6.45, 7) is 7.33. The molecule has 0 saturated carbocycles. The van der Waals surface area contributed by atoms with Gasteiger partial charge in [0.1, 0.15) is 17.5 Å². The molecule has 0 bridgehead atoms. The summed E-state index contributed by atoms with van der Waals surface area (Å²) < 4.78 is 16.6. The van der Waals surface area contributed by atoms with Crippen molar-refractivity contribution in [3.05, 3.63) is 53.1 Å². The highest BCUT2D eigenvalue weighted by atomic mass is 16.5. The fourth-order valence-corrected chi connectivity index (χ4v) is 3.96. The summed E-state index contributed by atoms with van der Waals surface area (Å²) in [7, 11) is 0. The first-order valence-corrected chi connectivity index (χ1v) is 11.0. The summed E-state index contributed by atoms with van der Waals surface area (Å²) in [4.78, 5) is 41.7. The molecule has 4 rings (SSSR count). The Kier molecular flexibility index (Phi) is 6.65. The molecule has 2 aliphatic heterocycles. The molecule has 0 N–H and O–H groups in total. The van der Waals surface area contributed by atoms with E-state index < -0.39 is 6.04 Å². The molecular formula is C25H28N2O6. The quantitative estimate of drug-likeness (QED) is 0.627. The molecule has 8 nitrogen and oxygen atoms in total. The van der Waals surface area contributed by atoms with E-state index in [0.29, 0.717) is 49.1 Å². The Labute approximate surface area is 193 Å². The van der Waals surface area contributed by atoms with Crippen molar-refractivity contribution in [1.29, 1.82) is 0 Å². The topological polar surface area (TPSA) is 85.4 Å². The van der Waals surface area contributed by atoms with Crippen LogP contribution in [0.5, 0.6) is 11.5 Å². The molecule has 0 radical (unpaired) electrons. The second kappa shape index (κ2) is 9.62. The molecule has 2 amide bonds. The lowest BCUT2D eigenvalue weighted by atomic mass is 10.1. The minimum atomic E-state index is -0.726. The van der Waals surface area contributed by atoms with Crippen LogP contribution in [-0.2, 0) is 14.3 Å². The minimum Gasteiger partial charge on any atom is -0.485 e. The monoisotopic (exact) mass is 452 g/mol. The molecule has 2 aromatic rings. The number of carbonyl (C=O) groups is 3. The summed E-state index contributed by atoms with van der Waals surface area (Å²) in [6, 6.07) is 9.84. The van der Waals surface area contributed by atoms with Crippen molar-refractivity contribution in [2.24, 2.45) is 0 Å². The number of aryl methyl sites for hydroxylation is 2. The highest BCUT2D eigenvalue weighted by Gasteiger charge is 2.36. The van der Waals surface area contributed by atoms with Gasteiger partial charge in [0.15, 0.2) is 19.0 Å². The van der Waals surface area contributed by atoms with E-state index in [9.17, 15) is 14.4 Å². The van der Waals surface area contributed by atoms with Gasteiger partial charge in [0, 0.05) is 18.7 Å². The molecule has 1 saturated heterocycles. The highest BCUT2D eigenvalue weighted by molar-refractivity contribution is 6.05. The Bertz CT molecular complexity index is 1080. The summed E-state index contributed by atoms with van der Waals surface area (Å²) in [6.07, 6.45) is 0. The second-order valence-electron chi connectivity index (χ2n) is 8.31. The van der Waals surface area contributed by atoms with E-state index in [1.807, 2.05) is 32.0 Å². The predicted molar refractivity (Wildman–Crippen MR) is 122 cm³/mol. The molecule has 174 valence electrons. The van der Waals surface area contributed by atoms with Crippen LogP contribution >= 0.6 is 0 Å². The average molecular weight is 453 g/mol. The number of anilines is 1. The van der Waals surface area contributed by atoms with Gasteiger partial charge in [0.05, 0.1) is 18.9 Å². The van der Waals surface area contributed by atoms with Crippen LogP contribution in [0.4, 0.5) is 5.69 Å². The van der Waals surface area contributed by atoms with E-state index in [0.717, 1.165) is 11.1 Å². The number of fused-ring (bicyclic) bond motifs is 1. The van der Waals surface area contributed by atoms with Crippen LogP contribution in [-0.4, -0.2) is 68.1 Å². The zero-order chi connectivity index (χ0) is 23.5. The first-order valence-electron chi connectivity index (χ1n) is 11.0. The van der Waals surface area contributed by atoms with Crippen LogP contribution in [0.25, 0.3) is 0 Å². The summed E-state index contributed by atoms with van der Waals surface area (Å²) in [5.41, 5.74) is 3.03. The molecule has 2 aliphatic rings. The van der Waals surface area contributed by atoms with Gasteiger partial charge in [-0.25, -0.2) is 0 Å². The van der Waals surface area contributed by atoms with Crippen molar-refractivity contribution in [2.45, 2.75) is 26.8 Å². The minimum absolute atomic E-state index is 0.141. The second-order valence-corrected chi connectivity index (χ2v) is 8.31. The summed E-state index contributed by atoms with van der Waals surface area (Å²) in [5, 5.41) is 0. The van der Waals surface area contributed by atoms with Crippen molar-refractivity contribution in [3.63, 3.8) is 0 Å². The van der Waals surface area contributed by atoms with Crippen molar-refractivity contribution >= 4 is 23.3 Å². The first-order chi connectivity index (χ1) is 15.8. The van der Waals surface area contributed by atoms with Crippen molar-refractivity contribution in [2.75, 3.05) is 44.4 Å². The van der Waals surface area contributed by atoms with Crippen LogP contribution in [0.3, 0.4) is 0 Å². The van der Waals surface area contributed by atoms with Crippen molar-refractivity contribution in [1.82, 2.24) is 4.90 Å². The zero-order valence-corrected chi connectivity index (χ0v) is 19.1. The number of rotatable bonds is 6. The van der Waals surface area contributed by atoms with Crippen molar-refractivity contribution in [3.8, 4) is 11.5 Å². The fraction of sp³-hybridized carbons (Fsp3) is 0.400. The molecule has 8 heteroatoms. The molecule has 0 spiro atoms. The third kappa shape index (κ3) is 4.85. The van der Waals surface area contributed by atoms with E-state index in [-0.39, 0.29) is 30.8 Å². The normalized spacial score (nSPS) is 16.6. The predicted octanol–water partition coefficient (Wildman–Crippen LogP) is 2.54. The first kappa shape index (κ1) is 22.8. The molecule has 1 atom stereocenters. The van der Waals surface area contributed by atoms with E-state index in [1.54, 1.807) is 30.0 Å². The lowest BCUT2D eigenvalue weighted by molar-refractivity contribution is -0.138. The molecule has 33 heavy (non-hydrogen) atoms. The average Bonchev–Trinajstić information content (AvgIpc) is 2.83. The van der Waals surface area contributed by atoms with Gasteiger partial charge in [-0.3, -0.25) is 19.3 Å². The maximum absolute atomic E-state index is 13.0. The smallest absolute Gasteiger partial charge is 0.265 e. The van der Waals surface area contributed by atoms with E-state index in [4.69, 9.17) is 14.2 Å². The number of amides is 2. The number of benzene rings is 2. The Morgan fingerprint density at radius 3 is 2.55 bits per heavy atom. The largest absolute Gasteiger partial charge is 0.485 e. The van der Waals surface area contributed by atoms with Crippen LogP contribution in [0.15, 0.2) is 36.4 Å². The Balaban J connectivity index is 1.52. The number of Topliss-reactive ketones (excluding diaryl/α,β-unsaturated/α-hetero) is 1. The maximum Gasteiger partial charge on any atom is 0.265 e. The fourth-order valence-electron chi connectivity index (χ4n) is 3.96. The summed E-state index contributed by atoms with van der Waals surface area (Å²) >= 11 is 0. The third-order valence-corrected chi connectivity index (χ3v) is 6.08. The van der Waals surface area contributed by atoms with Gasteiger partial charge in [-0.15, -0.1) is 0 Å². The SMILES string of the molecule is Cc1ccc(OCC(=O)c2ccc3c(c2)N(C(C)C(=O)N2CCOCC2)C(=O)CO3)cc1C. The van der Waals surface area contributed by atoms with Crippen molar-refractivity contribution < 1.29 is 28.6 Å². The molecule has 0 aliphatic carbocycles. The van der Waals surface area contributed by atoms with E-state index in [1.165, 1.54) is 4.90 Å². The number of ether oxygens (including phenoxy) is 3. The van der Waals surface area contributed by atoms with Gasteiger partial charge in [0.2, 0.25) is 5.91 Å². The molecule has 1 unspecified atom stereocenters. The van der Waals surface area contributed by atoms with Crippen LogP contribution < -0.4 is 14.4 Å². The molecule has 0 aromatic heterocycles. The van der Waals surface area contributed by atoms with Gasteiger partial charge in [-0.05, 0) is 62.2 Å². The van der Waals surface area contributed by atoms with Gasteiger partial charge in [-0.1, -0.05) is 6.07 Å². The lowest BCUT2D eigenvalue weighted by Gasteiger charge is -2.37. The van der Waals surface area contributed by atoms with E-state index >= 15 is 0 Å². The van der Waals surface area contributed by atoms with Gasteiger partial charge in [0.25, 0.3) is 5.91 Å². The van der Waals surface area contributed by atoms with Crippen LogP contribution in [0.1, 0.15) is 28.4 Å². The molecule has 1 fully saturated rings. The number of nitrogens with zero attached hydrogens (tertiary/aromatic N) is 2. The number of morpholine rings is 1. The number of ketones is 1. The molecular weight excluding hydrogens is 424 g/mol.